The van der Waals surface area contributed by atoms with Crippen LogP contribution in [0.4, 0.5) is 0 Å². The summed E-state index contributed by atoms with van der Waals surface area (Å²) in [6.07, 6.45) is 0. The number of methoxy groups -OCH3 is 1. The van der Waals surface area contributed by atoms with Gasteiger partial charge in [-0.05, 0) is 0 Å². The van der Waals surface area contributed by atoms with Crippen molar-refractivity contribution in [1.29, 1.82) is 0 Å². The molecule has 5 nitrogen and oxygen atoms in total. The Kier molecular flexibility index (Phi) is 3.86. The highest BCUT2D eigenvalue weighted by Crippen LogP contribution is 1.68. The highest BCUT2D eigenvalue weighted by atomic mass is 16.7. The Morgan fingerprint density at radius 3 is 2.57 bits per heavy atom. The second-order valence-corrected chi connectivity index (χ2v) is 0.917. The zero-order valence-electron chi connectivity index (χ0n) is 3.96. The van der Waals surface area contributed by atoms with Gasteiger partial charge in [-0.3, -0.25) is 10.4 Å². The molecule has 0 fully saturated rings. The third-order valence-corrected chi connectivity index (χ3v) is 0.367. The van der Waals surface area contributed by atoms with Crippen molar-refractivity contribution in [2.24, 2.45) is 0 Å². The molecule has 0 heterocycles. The van der Waals surface area contributed by atoms with Crippen LogP contribution in [0.25, 0.3) is 0 Å². The molecular formula is C2H8N2O3. The smallest absolute Gasteiger partial charge is 0.139 e. The molecule has 0 saturated heterocycles. The molecule has 0 aliphatic rings. The van der Waals surface area contributed by atoms with Gasteiger partial charge in [-0.25, -0.2) is 0 Å². The molecule has 0 spiro atoms. The average Bonchev–Trinajstić information content (AvgIpc) is 1.68. The van der Waals surface area contributed by atoms with Crippen LogP contribution in [-0.2, 0) is 4.74 Å². The van der Waals surface area contributed by atoms with Crippen molar-refractivity contribution in [2.75, 3.05) is 13.8 Å². The summed E-state index contributed by atoms with van der Waals surface area (Å²) in [7, 11) is 1.39. The Bertz CT molecular complexity index is 41.9. The van der Waals surface area contributed by atoms with Crippen LogP contribution in [0.2, 0.25) is 0 Å². The number of hydrazine groups is 1. The van der Waals surface area contributed by atoms with Crippen molar-refractivity contribution >= 4 is 0 Å². The van der Waals surface area contributed by atoms with Crippen molar-refractivity contribution in [2.45, 2.75) is 0 Å². The third kappa shape index (κ3) is 3.64. The SMILES string of the molecule is COCN(O)NO. The van der Waals surface area contributed by atoms with Crippen molar-refractivity contribution < 1.29 is 15.2 Å². The zero-order valence-corrected chi connectivity index (χ0v) is 3.96. The van der Waals surface area contributed by atoms with E-state index >= 15 is 0 Å². The van der Waals surface area contributed by atoms with Crippen LogP contribution >= 0.6 is 0 Å². The van der Waals surface area contributed by atoms with Crippen LogP contribution in [0.1, 0.15) is 0 Å². The zero-order chi connectivity index (χ0) is 5.70. The second kappa shape index (κ2) is 3.97. The summed E-state index contributed by atoms with van der Waals surface area (Å²) in [6, 6.07) is 0. The molecule has 0 aromatic heterocycles. The van der Waals surface area contributed by atoms with Crippen LogP contribution in [0.3, 0.4) is 0 Å². The van der Waals surface area contributed by atoms with Gasteiger partial charge in [0.25, 0.3) is 0 Å². The minimum Gasteiger partial charge on any atom is -0.365 e. The molecule has 0 aliphatic carbocycles. The Labute approximate surface area is 41.0 Å². The number of hydrogen-bond donors (Lipinski definition) is 3. The predicted octanol–water partition coefficient (Wildman–Crippen LogP) is -0.825. The molecule has 7 heavy (non-hydrogen) atoms. The molecule has 0 rings (SSSR count). The molecule has 0 aliphatic heterocycles. The number of nitrogens with zero attached hydrogens (tertiary/aromatic N) is 1. The van der Waals surface area contributed by atoms with Crippen LogP contribution in [0, 0.1) is 0 Å². The fourth-order valence-corrected chi connectivity index (χ4v) is 0.151. The summed E-state index contributed by atoms with van der Waals surface area (Å²) < 4.78 is 4.35. The maximum Gasteiger partial charge on any atom is 0.139 e. The minimum atomic E-state index is -0.0729. The normalized spacial score (nSPS) is 10.3. The predicted molar refractivity (Wildman–Crippen MR) is 20.4 cm³/mol. The van der Waals surface area contributed by atoms with Gasteiger partial charge in [0.2, 0.25) is 0 Å². The van der Waals surface area contributed by atoms with Crippen LogP contribution in [0.15, 0.2) is 0 Å². The molecule has 0 atom stereocenters. The van der Waals surface area contributed by atoms with Gasteiger partial charge in [0.05, 0.1) is 0 Å². The first-order valence-electron chi connectivity index (χ1n) is 1.66. The standard InChI is InChI=1S/C2H8N2O3/c1-7-2-4(6)3-5/h3,5-6H,2H2,1H3. The van der Waals surface area contributed by atoms with E-state index in [-0.39, 0.29) is 6.73 Å². The molecule has 0 unspecified atom stereocenters. The van der Waals surface area contributed by atoms with Crippen LogP contribution < -0.4 is 5.59 Å². The fourth-order valence-electron chi connectivity index (χ4n) is 0.151. The molecule has 0 bridgehead atoms. The van der Waals surface area contributed by atoms with Gasteiger partial charge in [0, 0.05) is 7.11 Å². The van der Waals surface area contributed by atoms with Crippen molar-refractivity contribution in [3.63, 3.8) is 0 Å². The summed E-state index contributed by atoms with van der Waals surface area (Å²) in [4.78, 5) is 0. The quantitative estimate of drug-likeness (QED) is 0.325. The van der Waals surface area contributed by atoms with E-state index in [9.17, 15) is 0 Å². The summed E-state index contributed by atoms with van der Waals surface area (Å²) >= 11 is 0. The lowest BCUT2D eigenvalue weighted by atomic mass is 11.3. The first kappa shape index (κ1) is 6.80. The first-order valence-corrected chi connectivity index (χ1v) is 1.66. The maximum absolute atomic E-state index is 8.21. The summed E-state index contributed by atoms with van der Waals surface area (Å²) in [5.41, 5.74) is 1.43. The lowest BCUT2D eigenvalue weighted by Crippen LogP contribution is -2.33. The molecule has 3 N–H and O–H groups in total. The number of hydroxylamine groups is 1. The number of nitrogens with one attached hydrogen (secondary N) is 1. The van der Waals surface area contributed by atoms with E-state index in [1.165, 1.54) is 12.7 Å². The minimum absolute atomic E-state index is 0.0729. The largest absolute Gasteiger partial charge is 0.365 e. The highest BCUT2D eigenvalue weighted by molar-refractivity contribution is 4.03. The molecule has 44 valence electrons. The molecule has 0 amide bonds. The van der Waals surface area contributed by atoms with Gasteiger partial charge in [0.15, 0.2) is 0 Å². The molecule has 0 radical (unpaired) electrons. The lowest BCUT2D eigenvalue weighted by Gasteiger charge is -2.07. The maximum atomic E-state index is 8.21. The number of ether oxygens (including phenoxy) is 1. The van der Waals surface area contributed by atoms with E-state index in [2.05, 4.69) is 4.74 Å². The van der Waals surface area contributed by atoms with Gasteiger partial charge in [-0.2, -0.15) is 0 Å². The van der Waals surface area contributed by atoms with E-state index in [0.717, 1.165) is 0 Å². The summed E-state index contributed by atoms with van der Waals surface area (Å²) in [5.74, 6) is 0. The second-order valence-electron chi connectivity index (χ2n) is 0.917. The van der Waals surface area contributed by atoms with Crippen LogP contribution in [0.5, 0.6) is 0 Å². The lowest BCUT2D eigenvalue weighted by molar-refractivity contribution is -0.253. The Morgan fingerprint density at radius 2 is 2.43 bits per heavy atom. The highest BCUT2D eigenvalue weighted by Gasteiger charge is 1.89. The third-order valence-electron chi connectivity index (χ3n) is 0.367. The Hall–Kier alpha value is -0.200. The molecular weight excluding hydrogens is 100 g/mol. The monoisotopic (exact) mass is 108 g/mol. The summed E-state index contributed by atoms with van der Waals surface area (Å²) in [5, 5.41) is 16.4. The van der Waals surface area contributed by atoms with Gasteiger partial charge in [-0.1, -0.05) is 5.17 Å². The van der Waals surface area contributed by atoms with E-state index in [1.807, 2.05) is 0 Å². The average molecular weight is 108 g/mol. The topological polar surface area (TPSA) is 65.0 Å². The van der Waals surface area contributed by atoms with Gasteiger partial charge in [0.1, 0.15) is 6.73 Å². The van der Waals surface area contributed by atoms with Gasteiger partial charge >= 0.3 is 0 Å². The Balaban J connectivity index is 2.83. The van der Waals surface area contributed by atoms with E-state index < -0.39 is 0 Å². The number of rotatable bonds is 3. The van der Waals surface area contributed by atoms with E-state index in [4.69, 9.17) is 10.4 Å². The number of hydrogen-bond acceptors (Lipinski definition) is 5. The van der Waals surface area contributed by atoms with E-state index in [0.29, 0.717) is 5.17 Å². The molecule has 0 aromatic rings. The Morgan fingerprint density at radius 1 is 1.86 bits per heavy atom. The summed E-state index contributed by atoms with van der Waals surface area (Å²) in [6.45, 7) is -0.0729. The van der Waals surface area contributed by atoms with E-state index in [1.54, 1.807) is 0 Å². The van der Waals surface area contributed by atoms with Crippen LogP contribution in [-0.4, -0.2) is 29.4 Å². The van der Waals surface area contributed by atoms with Crippen molar-refractivity contribution in [3.8, 4) is 0 Å². The molecule has 5 heteroatoms. The van der Waals surface area contributed by atoms with Crippen molar-refractivity contribution in [3.05, 3.63) is 0 Å². The van der Waals surface area contributed by atoms with Gasteiger partial charge in [-0.15, -0.1) is 5.59 Å². The van der Waals surface area contributed by atoms with Crippen molar-refractivity contribution in [1.82, 2.24) is 10.8 Å². The molecule has 0 aromatic carbocycles. The first-order chi connectivity index (χ1) is 3.31. The van der Waals surface area contributed by atoms with Gasteiger partial charge < -0.3 is 4.74 Å². The fraction of sp³-hybridized carbons (Fsp3) is 1.00. The molecule has 0 saturated carbocycles.